The lowest BCUT2D eigenvalue weighted by molar-refractivity contribution is 0.367. The molecule has 0 fully saturated rings. The average Bonchev–Trinajstić information content (AvgIpc) is 2.79. The lowest BCUT2D eigenvalue weighted by atomic mass is 9.78. The predicted octanol–water partition coefficient (Wildman–Crippen LogP) is 11.6. The molecule has 0 unspecified atom stereocenters. The molecule has 0 saturated carbocycles. The van der Waals surface area contributed by atoms with E-state index >= 15 is 0 Å². The van der Waals surface area contributed by atoms with E-state index in [2.05, 4.69) is 152 Å². The Kier molecular flexibility index (Phi) is 9.37. The van der Waals surface area contributed by atoms with Gasteiger partial charge in [0.1, 0.15) is 17.2 Å². The van der Waals surface area contributed by atoms with Crippen molar-refractivity contribution in [3.05, 3.63) is 87.5 Å². The number of rotatable bonds is 6. The second-order valence-corrected chi connectivity index (χ2v) is 16.7. The minimum Gasteiger partial charge on any atom is -0.408 e. The summed E-state index contributed by atoms with van der Waals surface area (Å²) in [4.78, 5) is 0. The van der Waals surface area contributed by atoms with Crippen LogP contribution in [0.3, 0.4) is 0 Å². The molecule has 0 radical (unpaired) electrons. The van der Waals surface area contributed by atoms with Gasteiger partial charge in [-0.2, -0.15) is 0 Å². The largest absolute Gasteiger partial charge is 0.530 e. The molecule has 0 saturated heterocycles. The third-order valence-corrected chi connectivity index (χ3v) is 8.27. The van der Waals surface area contributed by atoms with E-state index in [0.29, 0.717) is 0 Å². The number of benzene rings is 3. The van der Waals surface area contributed by atoms with Crippen molar-refractivity contribution in [2.45, 2.75) is 126 Å². The average molecular weight is 577 g/mol. The van der Waals surface area contributed by atoms with Crippen molar-refractivity contribution < 1.29 is 13.6 Å². The van der Waals surface area contributed by atoms with Crippen LogP contribution in [0.4, 0.5) is 0 Å². The second-order valence-electron chi connectivity index (χ2n) is 15.7. The summed E-state index contributed by atoms with van der Waals surface area (Å²) in [6.45, 7) is 33.1. The maximum Gasteiger partial charge on any atom is 0.530 e. The van der Waals surface area contributed by atoms with Crippen LogP contribution in [-0.4, -0.2) is 0 Å². The third-order valence-electron chi connectivity index (χ3n) is 7.25. The molecule has 0 amide bonds. The lowest BCUT2D eigenvalue weighted by Gasteiger charge is -2.32. The SMILES string of the molecule is Cc1ccc(OP(Oc2ccc(C)cc2C(C)(C)C)Oc2c(C(C)(C)C)cc(C)cc2C(C)(C)C)c(C(C)(C)C)c1. The zero-order chi connectivity index (χ0) is 31.1. The fourth-order valence-corrected chi connectivity index (χ4v) is 5.99. The predicted molar refractivity (Wildman–Crippen MR) is 177 cm³/mol. The summed E-state index contributed by atoms with van der Waals surface area (Å²) in [5.41, 5.74) is 7.70. The van der Waals surface area contributed by atoms with Gasteiger partial charge in [-0.15, -0.1) is 0 Å². The van der Waals surface area contributed by atoms with E-state index in [1.807, 2.05) is 0 Å². The van der Waals surface area contributed by atoms with Crippen LogP contribution in [0.1, 0.15) is 122 Å². The standard InChI is InChI=1S/C37H53O3P/c1-24-16-18-31(27(20-24)34(4,5)6)38-41(39-32-19-17-25(2)21-28(32)35(7,8)9)40-33-29(36(10,11)12)22-26(3)23-30(33)37(13,14)15/h16-23H,1-15H3. The first-order valence-corrected chi connectivity index (χ1v) is 15.9. The van der Waals surface area contributed by atoms with Gasteiger partial charge in [-0.3, -0.25) is 0 Å². The van der Waals surface area contributed by atoms with E-state index in [0.717, 1.165) is 39.5 Å². The minimum absolute atomic E-state index is 0.111. The molecule has 0 heterocycles. The van der Waals surface area contributed by atoms with Crippen LogP contribution in [0, 0.1) is 20.8 Å². The third kappa shape index (κ3) is 8.29. The molecular formula is C37H53O3P. The van der Waals surface area contributed by atoms with E-state index in [4.69, 9.17) is 13.6 Å². The van der Waals surface area contributed by atoms with Crippen LogP contribution in [0.2, 0.25) is 0 Å². The van der Waals surface area contributed by atoms with Gasteiger partial charge in [0.2, 0.25) is 0 Å². The maximum absolute atomic E-state index is 7.01. The van der Waals surface area contributed by atoms with Crippen LogP contribution in [0.15, 0.2) is 48.5 Å². The molecule has 0 bridgehead atoms. The summed E-state index contributed by atoms with van der Waals surface area (Å²) in [5, 5.41) is 0. The van der Waals surface area contributed by atoms with E-state index in [-0.39, 0.29) is 21.7 Å². The molecule has 0 spiro atoms. The Morgan fingerprint density at radius 1 is 0.415 bits per heavy atom. The maximum atomic E-state index is 7.01. The Bertz CT molecular complexity index is 1270. The van der Waals surface area contributed by atoms with Gasteiger partial charge in [0.25, 0.3) is 0 Å². The molecule has 0 aliphatic carbocycles. The Morgan fingerprint density at radius 2 is 0.732 bits per heavy atom. The summed E-state index contributed by atoms with van der Waals surface area (Å²) < 4.78 is 20.6. The van der Waals surface area contributed by atoms with Crippen molar-refractivity contribution in [3.8, 4) is 17.2 Å². The molecule has 0 aromatic heterocycles. The Morgan fingerprint density at radius 3 is 1.05 bits per heavy atom. The Labute approximate surface area is 252 Å². The van der Waals surface area contributed by atoms with Crippen LogP contribution in [0.5, 0.6) is 17.2 Å². The van der Waals surface area contributed by atoms with Gasteiger partial charge < -0.3 is 13.6 Å². The van der Waals surface area contributed by atoms with Crippen molar-refractivity contribution in [1.29, 1.82) is 0 Å². The first-order valence-electron chi connectivity index (χ1n) is 14.8. The normalized spacial score (nSPS) is 13.0. The van der Waals surface area contributed by atoms with E-state index in [9.17, 15) is 0 Å². The summed E-state index contributed by atoms with van der Waals surface area (Å²) in [6, 6.07) is 17.2. The minimum atomic E-state index is -1.87. The van der Waals surface area contributed by atoms with Crippen molar-refractivity contribution in [1.82, 2.24) is 0 Å². The van der Waals surface area contributed by atoms with Crippen LogP contribution in [0.25, 0.3) is 0 Å². The molecule has 4 heteroatoms. The van der Waals surface area contributed by atoms with Gasteiger partial charge in [-0.25, -0.2) is 0 Å². The van der Waals surface area contributed by atoms with Crippen LogP contribution in [-0.2, 0) is 21.7 Å². The molecule has 3 aromatic rings. The van der Waals surface area contributed by atoms with Crippen molar-refractivity contribution in [3.63, 3.8) is 0 Å². The molecule has 0 atom stereocenters. The van der Waals surface area contributed by atoms with Gasteiger partial charge in [0.05, 0.1) is 0 Å². The van der Waals surface area contributed by atoms with Crippen molar-refractivity contribution in [2.75, 3.05) is 0 Å². The van der Waals surface area contributed by atoms with Gasteiger partial charge in [-0.1, -0.05) is 136 Å². The highest BCUT2D eigenvalue weighted by Gasteiger charge is 2.34. The van der Waals surface area contributed by atoms with Crippen LogP contribution >= 0.6 is 8.60 Å². The highest BCUT2D eigenvalue weighted by Crippen LogP contribution is 2.51. The van der Waals surface area contributed by atoms with Gasteiger partial charge in [0.15, 0.2) is 0 Å². The Hall–Kier alpha value is -2.51. The second kappa shape index (κ2) is 11.6. The summed E-state index contributed by atoms with van der Waals surface area (Å²) >= 11 is 0. The lowest BCUT2D eigenvalue weighted by Crippen LogP contribution is -2.21. The molecule has 0 N–H and O–H groups in total. The summed E-state index contributed by atoms with van der Waals surface area (Å²) in [5.74, 6) is 2.44. The first-order chi connectivity index (χ1) is 18.6. The number of aryl methyl sites for hydroxylation is 3. The first kappa shape index (κ1) is 33.0. The van der Waals surface area contributed by atoms with Crippen LogP contribution < -0.4 is 13.6 Å². The van der Waals surface area contributed by atoms with Gasteiger partial charge in [-0.05, 0) is 54.6 Å². The summed E-state index contributed by atoms with van der Waals surface area (Å²) in [6.07, 6.45) is 0. The van der Waals surface area contributed by atoms with E-state index < -0.39 is 8.60 Å². The smallest absolute Gasteiger partial charge is 0.408 e. The van der Waals surface area contributed by atoms with Gasteiger partial charge in [0, 0.05) is 22.3 Å². The number of hydrogen-bond donors (Lipinski definition) is 0. The Balaban J connectivity index is 2.26. The fraction of sp³-hybridized carbons (Fsp3) is 0.514. The molecular weight excluding hydrogens is 523 g/mol. The quantitative estimate of drug-likeness (QED) is 0.273. The molecule has 41 heavy (non-hydrogen) atoms. The van der Waals surface area contributed by atoms with E-state index in [1.165, 1.54) is 16.7 Å². The molecule has 224 valence electrons. The van der Waals surface area contributed by atoms with E-state index in [1.54, 1.807) is 0 Å². The van der Waals surface area contributed by atoms with Crippen molar-refractivity contribution >= 4 is 8.60 Å². The van der Waals surface area contributed by atoms with Crippen molar-refractivity contribution in [2.24, 2.45) is 0 Å². The summed E-state index contributed by atoms with van der Waals surface area (Å²) in [7, 11) is -1.87. The molecule has 0 aliphatic heterocycles. The zero-order valence-corrected chi connectivity index (χ0v) is 29.2. The zero-order valence-electron chi connectivity index (χ0n) is 28.3. The highest BCUT2D eigenvalue weighted by molar-refractivity contribution is 7.43. The number of hydrogen-bond acceptors (Lipinski definition) is 3. The molecule has 3 aromatic carbocycles. The molecule has 3 nitrogen and oxygen atoms in total. The monoisotopic (exact) mass is 576 g/mol. The molecule has 3 rings (SSSR count). The highest BCUT2D eigenvalue weighted by atomic mass is 31.2. The fourth-order valence-electron chi connectivity index (χ4n) is 4.90. The van der Waals surface area contributed by atoms with Gasteiger partial charge >= 0.3 is 8.60 Å². The topological polar surface area (TPSA) is 27.7 Å². The molecule has 0 aliphatic rings.